The SMILES string of the molecule is CCc1ccc2nc(N(CC3CCCO3)C(=O)c3ccc(S(=O)(=O)N(C)C4CCCCC4)cc3)sc2c1. The van der Waals surface area contributed by atoms with Crippen LogP contribution in [0.1, 0.15) is 67.8 Å². The van der Waals surface area contributed by atoms with Crippen molar-refractivity contribution >= 4 is 42.6 Å². The van der Waals surface area contributed by atoms with Gasteiger partial charge in [0.15, 0.2) is 5.13 Å². The van der Waals surface area contributed by atoms with E-state index in [9.17, 15) is 13.2 Å². The number of carbonyl (C=O) groups is 1. The molecule has 1 saturated carbocycles. The highest BCUT2D eigenvalue weighted by atomic mass is 32.2. The molecule has 37 heavy (non-hydrogen) atoms. The number of rotatable bonds is 8. The number of ether oxygens (including phenoxy) is 1. The molecule has 1 aromatic heterocycles. The number of fused-ring (bicyclic) bond motifs is 1. The predicted octanol–water partition coefficient (Wildman–Crippen LogP) is 5.64. The Balaban J connectivity index is 1.41. The van der Waals surface area contributed by atoms with Gasteiger partial charge in [0.2, 0.25) is 10.0 Å². The van der Waals surface area contributed by atoms with Gasteiger partial charge >= 0.3 is 0 Å². The van der Waals surface area contributed by atoms with Gasteiger partial charge in [-0.15, -0.1) is 0 Å². The highest BCUT2D eigenvalue weighted by Crippen LogP contribution is 2.32. The molecule has 1 atom stereocenters. The molecule has 198 valence electrons. The minimum absolute atomic E-state index is 0.0361. The Hall–Kier alpha value is -2.33. The Morgan fingerprint density at radius 1 is 1.05 bits per heavy atom. The summed E-state index contributed by atoms with van der Waals surface area (Å²) in [5, 5.41) is 0.637. The summed E-state index contributed by atoms with van der Waals surface area (Å²) in [7, 11) is -1.95. The number of hydrogen-bond acceptors (Lipinski definition) is 6. The van der Waals surface area contributed by atoms with E-state index < -0.39 is 10.0 Å². The Kier molecular flexibility index (Phi) is 7.95. The van der Waals surface area contributed by atoms with E-state index in [1.54, 1.807) is 36.2 Å². The predicted molar refractivity (Wildman–Crippen MR) is 148 cm³/mol. The average molecular weight is 542 g/mol. The molecule has 0 spiro atoms. The van der Waals surface area contributed by atoms with Crippen LogP contribution in [0.25, 0.3) is 10.2 Å². The summed E-state index contributed by atoms with van der Waals surface area (Å²) in [5.74, 6) is -0.199. The van der Waals surface area contributed by atoms with Crippen molar-refractivity contribution in [2.45, 2.75) is 75.3 Å². The van der Waals surface area contributed by atoms with Crippen LogP contribution in [0.3, 0.4) is 0 Å². The van der Waals surface area contributed by atoms with Crippen molar-refractivity contribution in [3.8, 4) is 0 Å². The highest BCUT2D eigenvalue weighted by molar-refractivity contribution is 7.89. The van der Waals surface area contributed by atoms with Crippen LogP contribution in [0.4, 0.5) is 5.13 Å². The van der Waals surface area contributed by atoms with Crippen LogP contribution < -0.4 is 4.90 Å². The minimum atomic E-state index is -3.62. The van der Waals surface area contributed by atoms with Crippen molar-refractivity contribution < 1.29 is 17.9 Å². The first-order valence-corrected chi connectivity index (χ1v) is 15.5. The third-order valence-corrected chi connectivity index (χ3v) is 10.6. The zero-order chi connectivity index (χ0) is 26.0. The van der Waals surface area contributed by atoms with Gasteiger partial charge in [-0.25, -0.2) is 13.4 Å². The lowest BCUT2D eigenvalue weighted by Gasteiger charge is -2.30. The Labute approximate surface area is 223 Å². The maximum absolute atomic E-state index is 13.8. The lowest BCUT2D eigenvalue weighted by Crippen LogP contribution is -2.38. The van der Waals surface area contributed by atoms with Crippen LogP contribution in [0.5, 0.6) is 0 Å². The largest absolute Gasteiger partial charge is 0.376 e. The van der Waals surface area contributed by atoms with Crippen molar-refractivity contribution in [1.29, 1.82) is 0 Å². The van der Waals surface area contributed by atoms with Crippen LogP contribution in [-0.4, -0.2) is 56.0 Å². The molecule has 1 amide bonds. The summed E-state index contributed by atoms with van der Waals surface area (Å²) in [6.45, 7) is 3.24. The quantitative estimate of drug-likeness (QED) is 0.369. The molecule has 2 heterocycles. The number of sulfonamides is 1. The third kappa shape index (κ3) is 5.60. The fraction of sp³-hybridized carbons (Fsp3) is 0.500. The van der Waals surface area contributed by atoms with Crippen LogP contribution in [0.2, 0.25) is 0 Å². The molecule has 7 nitrogen and oxygen atoms in total. The lowest BCUT2D eigenvalue weighted by atomic mass is 9.96. The zero-order valence-corrected chi connectivity index (χ0v) is 23.2. The van der Waals surface area contributed by atoms with Gasteiger partial charge in [-0.05, 0) is 74.1 Å². The molecule has 2 aromatic carbocycles. The number of aryl methyl sites for hydroxylation is 1. The number of carbonyl (C=O) groups excluding carboxylic acids is 1. The maximum atomic E-state index is 13.8. The molecular formula is C28H35N3O4S2. The summed E-state index contributed by atoms with van der Waals surface area (Å²) in [6, 6.07) is 12.6. The number of thiazole rings is 1. The molecule has 9 heteroatoms. The van der Waals surface area contributed by atoms with Gasteiger partial charge in [-0.3, -0.25) is 9.69 Å². The van der Waals surface area contributed by atoms with Gasteiger partial charge in [0.1, 0.15) is 0 Å². The topological polar surface area (TPSA) is 79.8 Å². The van der Waals surface area contributed by atoms with Crippen molar-refractivity contribution in [2.24, 2.45) is 0 Å². The van der Waals surface area contributed by atoms with E-state index in [0.717, 1.165) is 61.6 Å². The molecule has 2 aliphatic rings. The van der Waals surface area contributed by atoms with E-state index in [1.807, 2.05) is 6.07 Å². The highest BCUT2D eigenvalue weighted by Gasteiger charge is 2.30. The summed E-state index contributed by atoms with van der Waals surface area (Å²) < 4.78 is 34.9. The normalized spacial score (nSPS) is 19.1. The Bertz CT molecular complexity index is 1340. The van der Waals surface area contributed by atoms with Gasteiger partial charge in [-0.2, -0.15) is 4.31 Å². The van der Waals surface area contributed by atoms with Gasteiger partial charge in [0, 0.05) is 25.3 Å². The lowest BCUT2D eigenvalue weighted by molar-refractivity contribution is 0.0917. The summed E-state index contributed by atoms with van der Waals surface area (Å²) >= 11 is 1.50. The molecule has 0 N–H and O–H groups in total. The van der Waals surface area contributed by atoms with E-state index in [0.29, 0.717) is 23.8 Å². The smallest absolute Gasteiger partial charge is 0.260 e. The average Bonchev–Trinajstić information content (AvgIpc) is 3.60. The monoisotopic (exact) mass is 541 g/mol. The number of hydrogen-bond donors (Lipinski definition) is 0. The Morgan fingerprint density at radius 2 is 1.81 bits per heavy atom. The number of aromatic nitrogens is 1. The van der Waals surface area contributed by atoms with E-state index in [4.69, 9.17) is 9.72 Å². The number of anilines is 1. The van der Waals surface area contributed by atoms with Gasteiger partial charge < -0.3 is 4.74 Å². The molecule has 1 aliphatic carbocycles. The van der Waals surface area contributed by atoms with E-state index >= 15 is 0 Å². The second kappa shape index (κ2) is 11.2. The van der Waals surface area contributed by atoms with Crippen molar-refractivity contribution in [3.05, 3.63) is 53.6 Å². The molecule has 0 bridgehead atoms. The van der Waals surface area contributed by atoms with Crippen molar-refractivity contribution in [2.75, 3.05) is 25.1 Å². The first-order valence-electron chi connectivity index (χ1n) is 13.3. The number of benzene rings is 2. The molecular weight excluding hydrogens is 506 g/mol. The first-order chi connectivity index (χ1) is 17.9. The van der Waals surface area contributed by atoms with Crippen LogP contribution in [0.15, 0.2) is 47.4 Å². The van der Waals surface area contributed by atoms with Gasteiger partial charge in [0.25, 0.3) is 5.91 Å². The fourth-order valence-electron chi connectivity index (χ4n) is 5.26. The van der Waals surface area contributed by atoms with Crippen molar-refractivity contribution in [3.63, 3.8) is 0 Å². The van der Waals surface area contributed by atoms with Gasteiger partial charge in [0.05, 0.1) is 27.8 Å². The standard InChI is InChI=1S/C28H35N3O4S2/c1-3-20-11-16-25-26(18-20)36-28(29-25)31(19-23-10-7-17-35-23)27(32)21-12-14-24(15-13-21)37(33,34)30(2)22-8-5-4-6-9-22/h11-16,18,22-23H,3-10,17,19H2,1-2H3. The van der Waals surface area contributed by atoms with Crippen LogP contribution in [0, 0.1) is 0 Å². The number of nitrogens with zero attached hydrogens (tertiary/aromatic N) is 3. The van der Waals surface area contributed by atoms with E-state index in [2.05, 4.69) is 19.1 Å². The molecule has 0 radical (unpaired) electrons. The minimum Gasteiger partial charge on any atom is -0.376 e. The number of amides is 1. The second-order valence-electron chi connectivity index (χ2n) is 10.0. The summed E-state index contributed by atoms with van der Waals surface area (Å²) in [4.78, 5) is 20.4. The van der Waals surface area contributed by atoms with E-state index in [1.165, 1.54) is 21.2 Å². The third-order valence-electron chi connectivity index (χ3n) is 7.60. The second-order valence-corrected chi connectivity index (χ2v) is 13.0. The molecule has 1 aliphatic heterocycles. The molecule has 2 fully saturated rings. The molecule has 1 unspecified atom stereocenters. The maximum Gasteiger partial charge on any atom is 0.260 e. The zero-order valence-electron chi connectivity index (χ0n) is 21.6. The summed E-state index contributed by atoms with van der Waals surface area (Å²) in [5.41, 5.74) is 2.54. The van der Waals surface area contributed by atoms with Crippen LogP contribution in [-0.2, 0) is 21.2 Å². The molecule has 5 rings (SSSR count). The van der Waals surface area contributed by atoms with Crippen molar-refractivity contribution in [1.82, 2.24) is 9.29 Å². The Morgan fingerprint density at radius 3 is 2.49 bits per heavy atom. The van der Waals surface area contributed by atoms with E-state index in [-0.39, 0.29) is 22.9 Å². The molecule has 3 aromatic rings. The van der Waals surface area contributed by atoms with Crippen LogP contribution >= 0.6 is 11.3 Å². The van der Waals surface area contributed by atoms with Gasteiger partial charge in [-0.1, -0.05) is 43.6 Å². The first kappa shape index (κ1) is 26.3. The summed E-state index contributed by atoms with van der Waals surface area (Å²) in [6.07, 6.45) is 7.86. The molecule has 1 saturated heterocycles. The fourth-order valence-corrected chi connectivity index (χ4v) is 7.72.